The van der Waals surface area contributed by atoms with E-state index in [2.05, 4.69) is 9.97 Å². The fourth-order valence-electron chi connectivity index (χ4n) is 1.26. The molecule has 0 aliphatic carbocycles. The third-order valence-corrected chi connectivity index (χ3v) is 2.20. The van der Waals surface area contributed by atoms with Crippen molar-refractivity contribution >= 4 is 11.6 Å². The Balaban J connectivity index is 2.44. The summed E-state index contributed by atoms with van der Waals surface area (Å²) in [5.74, 6) is -0.572. The molecule has 1 N–H and O–H groups in total. The lowest BCUT2D eigenvalue weighted by atomic mass is 10.2. The van der Waals surface area contributed by atoms with Crippen LogP contribution in [-0.4, -0.2) is 9.97 Å². The molecule has 0 aliphatic heterocycles. The van der Waals surface area contributed by atoms with Crippen LogP contribution in [0.25, 0.3) is 11.4 Å². The SMILES string of the molecule is Fc1cc(F)cc(-c2ncc(CCl)[nH]2)c1. The van der Waals surface area contributed by atoms with Crippen molar-refractivity contribution < 1.29 is 8.78 Å². The lowest BCUT2D eigenvalue weighted by Crippen LogP contribution is -1.86. The quantitative estimate of drug-likeness (QED) is 0.787. The molecule has 78 valence electrons. The summed E-state index contributed by atoms with van der Waals surface area (Å²) in [6.07, 6.45) is 1.53. The molecule has 15 heavy (non-hydrogen) atoms. The van der Waals surface area contributed by atoms with Crippen LogP contribution < -0.4 is 0 Å². The van der Waals surface area contributed by atoms with Crippen LogP contribution in [0.1, 0.15) is 5.69 Å². The first kappa shape index (κ1) is 10.1. The summed E-state index contributed by atoms with van der Waals surface area (Å²) in [6.45, 7) is 0. The van der Waals surface area contributed by atoms with E-state index in [-0.39, 0.29) is 5.88 Å². The Bertz CT molecular complexity index is 462. The van der Waals surface area contributed by atoms with Crippen LogP contribution in [0.5, 0.6) is 0 Å². The number of halogens is 3. The molecule has 1 aromatic carbocycles. The molecule has 0 aliphatic rings. The van der Waals surface area contributed by atoms with E-state index in [9.17, 15) is 8.78 Å². The molecule has 0 atom stereocenters. The third kappa shape index (κ3) is 2.15. The fraction of sp³-hybridized carbons (Fsp3) is 0.100. The van der Waals surface area contributed by atoms with Gasteiger partial charge in [-0.15, -0.1) is 11.6 Å². The van der Waals surface area contributed by atoms with Crippen LogP contribution >= 0.6 is 11.6 Å². The van der Waals surface area contributed by atoms with E-state index >= 15 is 0 Å². The number of hydrogen-bond acceptors (Lipinski definition) is 1. The number of benzene rings is 1. The van der Waals surface area contributed by atoms with Gasteiger partial charge in [0.25, 0.3) is 0 Å². The second-order valence-corrected chi connectivity index (χ2v) is 3.32. The molecular formula is C10H7ClF2N2. The zero-order valence-corrected chi connectivity index (χ0v) is 8.35. The van der Waals surface area contributed by atoms with Gasteiger partial charge in [-0.05, 0) is 12.1 Å². The number of alkyl halides is 1. The molecule has 2 nitrogen and oxygen atoms in total. The van der Waals surface area contributed by atoms with Crippen LogP contribution in [0.15, 0.2) is 24.4 Å². The number of imidazole rings is 1. The molecule has 0 unspecified atom stereocenters. The standard InChI is InChI=1S/C10H7ClF2N2/c11-4-9-5-14-10(15-9)6-1-7(12)3-8(13)2-6/h1-3,5H,4H2,(H,14,15). The van der Waals surface area contributed by atoms with Gasteiger partial charge in [0.2, 0.25) is 0 Å². The molecule has 0 bridgehead atoms. The minimum atomic E-state index is -0.631. The first-order valence-electron chi connectivity index (χ1n) is 4.25. The molecule has 0 fully saturated rings. The number of hydrogen-bond donors (Lipinski definition) is 1. The fourth-order valence-corrected chi connectivity index (χ4v) is 1.40. The van der Waals surface area contributed by atoms with E-state index < -0.39 is 11.6 Å². The molecule has 0 saturated heterocycles. The van der Waals surface area contributed by atoms with Crippen LogP contribution in [0.2, 0.25) is 0 Å². The van der Waals surface area contributed by atoms with Crippen molar-refractivity contribution in [3.63, 3.8) is 0 Å². The van der Waals surface area contributed by atoms with E-state index in [1.54, 1.807) is 0 Å². The topological polar surface area (TPSA) is 28.7 Å². The van der Waals surface area contributed by atoms with E-state index in [1.165, 1.54) is 18.3 Å². The molecule has 5 heteroatoms. The maximum Gasteiger partial charge on any atom is 0.137 e. The lowest BCUT2D eigenvalue weighted by molar-refractivity contribution is 0.584. The van der Waals surface area contributed by atoms with E-state index in [0.29, 0.717) is 17.1 Å². The van der Waals surface area contributed by atoms with Crippen molar-refractivity contribution in [1.82, 2.24) is 9.97 Å². The molecule has 2 aromatic rings. The van der Waals surface area contributed by atoms with Gasteiger partial charge in [-0.1, -0.05) is 0 Å². The van der Waals surface area contributed by atoms with Gasteiger partial charge in [0.1, 0.15) is 17.5 Å². The maximum atomic E-state index is 12.9. The molecule has 0 saturated carbocycles. The smallest absolute Gasteiger partial charge is 0.137 e. The highest BCUT2D eigenvalue weighted by molar-refractivity contribution is 6.16. The summed E-state index contributed by atoms with van der Waals surface area (Å²) in [5, 5.41) is 0. The molecular weight excluding hydrogens is 222 g/mol. The largest absolute Gasteiger partial charge is 0.341 e. The van der Waals surface area contributed by atoms with Crippen LogP contribution in [0.3, 0.4) is 0 Å². The highest BCUT2D eigenvalue weighted by Crippen LogP contribution is 2.18. The van der Waals surface area contributed by atoms with Crippen molar-refractivity contribution in [1.29, 1.82) is 0 Å². The Hall–Kier alpha value is -1.42. The summed E-state index contributed by atoms with van der Waals surface area (Å²) in [4.78, 5) is 6.82. The van der Waals surface area contributed by atoms with E-state index in [0.717, 1.165) is 6.07 Å². The first-order valence-corrected chi connectivity index (χ1v) is 4.79. The average Bonchev–Trinajstić information content (AvgIpc) is 2.64. The van der Waals surface area contributed by atoms with Gasteiger partial charge < -0.3 is 4.98 Å². The van der Waals surface area contributed by atoms with Crippen LogP contribution in [0.4, 0.5) is 8.78 Å². The zero-order valence-electron chi connectivity index (χ0n) is 7.60. The van der Waals surface area contributed by atoms with Crippen molar-refractivity contribution in [3.05, 3.63) is 41.7 Å². The molecule has 0 spiro atoms. The van der Waals surface area contributed by atoms with E-state index in [1.807, 2.05) is 0 Å². The van der Waals surface area contributed by atoms with Crippen LogP contribution in [-0.2, 0) is 5.88 Å². The number of nitrogens with zero attached hydrogens (tertiary/aromatic N) is 1. The molecule has 1 aromatic heterocycles. The number of H-pyrrole nitrogens is 1. The van der Waals surface area contributed by atoms with Gasteiger partial charge >= 0.3 is 0 Å². The van der Waals surface area contributed by atoms with Crippen LogP contribution in [0, 0.1) is 11.6 Å². The van der Waals surface area contributed by atoms with Gasteiger partial charge in [-0.3, -0.25) is 0 Å². The highest BCUT2D eigenvalue weighted by atomic mass is 35.5. The molecule has 2 rings (SSSR count). The van der Waals surface area contributed by atoms with Gasteiger partial charge in [-0.25, -0.2) is 13.8 Å². The monoisotopic (exact) mass is 228 g/mol. The number of aromatic amines is 1. The van der Waals surface area contributed by atoms with Gasteiger partial charge in [0.15, 0.2) is 0 Å². The van der Waals surface area contributed by atoms with Gasteiger partial charge in [-0.2, -0.15) is 0 Å². The van der Waals surface area contributed by atoms with Gasteiger partial charge in [0.05, 0.1) is 5.88 Å². The molecule has 0 amide bonds. The van der Waals surface area contributed by atoms with E-state index in [4.69, 9.17) is 11.6 Å². The summed E-state index contributed by atoms with van der Waals surface area (Å²) >= 11 is 5.57. The van der Waals surface area contributed by atoms with Crippen molar-refractivity contribution in [2.24, 2.45) is 0 Å². The Morgan fingerprint density at radius 3 is 2.40 bits per heavy atom. The van der Waals surface area contributed by atoms with Crippen molar-refractivity contribution in [2.45, 2.75) is 5.88 Å². The van der Waals surface area contributed by atoms with Crippen molar-refractivity contribution in [2.75, 3.05) is 0 Å². The summed E-state index contributed by atoms with van der Waals surface area (Å²) in [6, 6.07) is 3.23. The Morgan fingerprint density at radius 2 is 1.87 bits per heavy atom. The second-order valence-electron chi connectivity index (χ2n) is 3.05. The van der Waals surface area contributed by atoms with Gasteiger partial charge in [0, 0.05) is 23.5 Å². The second kappa shape index (κ2) is 3.98. The zero-order chi connectivity index (χ0) is 10.8. The number of rotatable bonds is 2. The highest BCUT2D eigenvalue weighted by Gasteiger charge is 2.06. The normalized spacial score (nSPS) is 10.6. The molecule has 0 radical (unpaired) electrons. The maximum absolute atomic E-state index is 12.9. The minimum Gasteiger partial charge on any atom is -0.341 e. The number of aromatic nitrogens is 2. The lowest BCUT2D eigenvalue weighted by Gasteiger charge is -1.97. The minimum absolute atomic E-state index is 0.283. The summed E-state index contributed by atoms with van der Waals surface area (Å²) in [5.41, 5.74) is 1.07. The Kier molecular flexibility index (Phi) is 2.68. The summed E-state index contributed by atoms with van der Waals surface area (Å²) in [7, 11) is 0. The summed E-state index contributed by atoms with van der Waals surface area (Å²) < 4.78 is 25.8. The average molecular weight is 229 g/mol. The predicted molar refractivity (Wildman–Crippen MR) is 53.5 cm³/mol. The Morgan fingerprint density at radius 1 is 1.20 bits per heavy atom. The first-order chi connectivity index (χ1) is 7.19. The van der Waals surface area contributed by atoms with Crippen molar-refractivity contribution in [3.8, 4) is 11.4 Å². The Labute approximate surface area is 89.9 Å². The molecule has 1 heterocycles. The number of nitrogens with one attached hydrogen (secondary N) is 1. The predicted octanol–water partition coefficient (Wildman–Crippen LogP) is 3.09. The third-order valence-electron chi connectivity index (χ3n) is 1.91.